The first-order valence-corrected chi connectivity index (χ1v) is 7.65. The van der Waals surface area contributed by atoms with E-state index in [9.17, 15) is 4.79 Å². The van der Waals surface area contributed by atoms with E-state index in [1.807, 2.05) is 24.1 Å². The number of amides is 1. The van der Waals surface area contributed by atoms with Crippen LogP contribution in [-0.4, -0.2) is 50.7 Å². The van der Waals surface area contributed by atoms with Crippen molar-refractivity contribution < 1.29 is 9.53 Å². The average Bonchev–Trinajstić information content (AvgIpc) is 3.26. The zero-order valence-electron chi connectivity index (χ0n) is 12.2. The van der Waals surface area contributed by atoms with Gasteiger partial charge in [0.15, 0.2) is 5.65 Å². The summed E-state index contributed by atoms with van der Waals surface area (Å²) in [5.74, 6) is 0.910. The lowest BCUT2D eigenvalue weighted by Crippen LogP contribution is -2.31. The van der Waals surface area contributed by atoms with Gasteiger partial charge in [0, 0.05) is 36.8 Å². The van der Waals surface area contributed by atoms with Crippen LogP contribution in [0.5, 0.6) is 0 Å². The summed E-state index contributed by atoms with van der Waals surface area (Å²) in [6, 6.07) is 1.88. The number of carbonyl (C=O) groups is 1. The van der Waals surface area contributed by atoms with Gasteiger partial charge in [0.05, 0.1) is 18.4 Å². The predicted molar refractivity (Wildman–Crippen MR) is 78.4 cm³/mol. The molecule has 112 valence electrons. The molecule has 6 heteroatoms. The molecule has 2 bridgehead atoms. The Morgan fingerprint density at radius 2 is 2.00 bits per heavy atom. The minimum absolute atomic E-state index is 0.0295. The molecule has 2 aromatic rings. The highest BCUT2D eigenvalue weighted by Crippen LogP contribution is 2.43. The summed E-state index contributed by atoms with van der Waals surface area (Å²) in [6.07, 6.45) is 8.13. The third kappa shape index (κ3) is 1.56. The topological polar surface area (TPSA) is 59.7 Å². The van der Waals surface area contributed by atoms with Gasteiger partial charge >= 0.3 is 0 Å². The zero-order chi connectivity index (χ0) is 14.8. The molecule has 2 aromatic heterocycles. The quantitative estimate of drug-likeness (QED) is 0.738. The fourth-order valence-electron chi connectivity index (χ4n) is 3.97. The van der Waals surface area contributed by atoms with E-state index in [1.54, 1.807) is 10.7 Å². The third-order valence-electron chi connectivity index (χ3n) is 5.09. The number of likely N-dealkylation sites (tertiary alicyclic amines) is 1. The Kier molecular flexibility index (Phi) is 2.34. The van der Waals surface area contributed by atoms with Crippen molar-refractivity contribution in [2.24, 2.45) is 11.8 Å². The Hall–Kier alpha value is -2.21. The number of nitrogens with zero attached hydrogens (tertiary/aromatic N) is 4. The monoisotopic (exact) mass is 296 g/mol. The van der Waals surface area contributed by atoms with Gasteiger partial charge in [-0.2, -0.15) is 5.10 Å². The summed E-state index contributed by atoms with van der Waals surface area (Å²) < 4.78 is 7.52. The van der Waals surface area contributed by atoms with E-state index in [1.165, 1.54) is 0 Å². The van der Waals surface area contributed by atoms with Gasteiger partial charge in [0.1, 0.15) is 5.56 Å². The molecule has 0 N–H and O–H groups in total. The van der Waals surface area contributed by atoms with E-state index in [-0.39, 0.29) is 18.1 Å². The summed E-state index contributed by atoms with van der Waals surface area (Å²) in [5, 5.41) is 4.24. The van der Waals surface area contributed by atoms with E-state index in [0.29, 0.717) is 23.0 Å². The lowest BCUT2D eigenvalue weighted by Gasteiger charge is -2.18. The van der Waals surface area contributed by atoms with Crippen LogP contribution < -0.4 is 0 Å². The summed E-state index contributed by atoms with van der Waals surface area (Å²) in [6.45, 7) is 3.44. The number of ether oxygens (including phenoxy) is 1. The van der Waals surface area contributed by atoms with Crippen molar-refractivity contribution in [1.82, 2.24) is 19.5 Å². The van der Waals surface area contributed by atoms with Gasteiger partial charge in [-0.1, -0.05) is 12.2 Å². The number of fused-ring (bicyclic) bond motifs is 6. The Morgan fingerprint density at radius 1 is 1.27 bits per heavy atom. The standard InChI is InChI=1S/C16H16N4O2/c1-9-4-5-20-15(18-9)10(6-17-20)16(21)19-7-11-12(8-19)14-3-2-13(11)22-14/h2-6,11-14H,7-8H2,1H3. The number of carbonyl (C=O) groups excluding carboxylic acids is 1. The molecule has 22 heavy (non-hydrogen) atoms. The van der Waals surface area contributed by atoms with Gasteiger partial charge in [-0.3, -0.25) is 4.79 Å². The minimum Gasteiger partial charge on any atom is -0.366 e. The van der Waals surface area contributed by atoms with Crippen molar-refractivity contribution in [1.29, 1.82) is 0 Å². The summed E-state index contributed by atoms with van der Waals surface area (Å²) >= 11 is 0. The first-order chi connectivity index (χ1) is 10.7. The predicted octanol–water partition coefficient (Wildman–Crippen LogP) is 1.06. The fourth-order valence-corrected chi connectivity index (χ4v) is 3.97. The van der Waals surface area contributed by atoms with Gasteiger partial charge in [-0.05, 0) is 13.0 Å². The molecule has 1 amide bonds. The molecule has 0 radical (unpaired) electrons. The van der Waals surface area contributed by atoms with E-state index in [2.05, 4.69) is 22.2 Å². The molecule has 3 aliphatic heterocycles. The van der Waals surface area contributed by atoms with Crippen LogP contribution in [0.3, 0.4) is 0 Å². The van der Waals surface area contributed by atoms with Crippen LogP contribution in [-0.2, 0) is 4.74 Å². The van der Waals surface area contributed by atoms with Crippen molar-refractivity contribution >= 4 is 11.6 Å². The van der Waals surface area contributed by atoms with E-state index < -0.39 is 0 Å². The van der Waals surface area contributed by atoms with Gasteiger partial charge in [0.25, 0.3) is 5.91 Å². The Morgan fingerprint density at radius 3 is 2.73 bits per heavy atom. The SMILES string of the molecule is Cc1ccn2ncc(C(=O)N3CC4C5C=CC(O5)C4C3)c2n1. The molecule has 2 fully saturated rings. The van der Waals surface area contributed by atoms with Crippen LogP contribution in [0, 0.1) is 18.8 Å². The molecule has 4 unspecified atom stereocenters. The van der Waals surface area contributed by atoms with Crippen molar-refractivity contribution in [3.63, 3.8) is 0 Å². The first kappa shape index (κ1) is 12.3. The molecular formula is C16H16N4O2. The molecular weight excluding hydrogens is 280 g/mol. The highest BCUT2D eigenvalue weighted by molar-refractivity contribution is 5.99. The summed E-state index contributed by atoms with van der Waals surface area (Å²) in [7, 11) is 0. The molecule has 3 aliphatic rings. The van der Waals surface area contributed by atoms with Gasteiger partial charge in [0.2, 0.25) is 0 Å². The highest BCUT2D eigenvalue weighted by Gasteiger charge is 2.51. The molecule has 0 spiro atoms. The number of aromatic nitrogens is 3. The molecule has 0 aromatic carbocycles. The summed E-state index contributed by atoms with van der Waals surface area (Å²) in [4.78, 5) is 19.3. The van der Waals surface area contributed by atoms with Crippen molar-refractivity contribution in [2.45, 2.75) is 19.1 Å². The number of hydrogen-bond donors (Lipinski definition) is 0. The van der Waals surface area contributed by atoms with Crippen molar-refractivity contribution in [3.05, 3.63) is 41.9 Å². The zero-order valence-corrected chi connectivity index (χ0v) is 12.2. The lowest BCUT2D eigenvalue weighted by molar-refractivity contribution is 0.0657. The largest absolute Gasteiger partial charge is 0.366 e. The maximum atomic E-state index is 12.9. The first-order valence-electron chi connectivity index (χ1n) is 7.65. The normalized spacial score (nSPS) is 32.1. The lowest BCUT2D eigenvalue weighted by atomic mass is 9.86. The van der Waals surface area contributed by atoms with Crippen LogP contribution in [0.1, 0.15) is 16.1 Å². The molecule has 6 nitrogen and oxygen atoms in total. The van der Waals surface area contributed by atoms with E-state index in [4.69, 9.17) is 4.74 Å². The van der Waals surface area contributed by atoms with Crippen LogP contribution in [0.15, 0.2) is 30.6 Å². The van der Waals surface area contributed by atoms with Gasteiger partial charge in [-0.15, -0.1) is 0 Å². The second-order valence-electron chi connectivity index (χ2n) is 6.38. The van der Waals surface area contributed by atoms with Crippen LogP contribution >= 0.6 is 0 Å². The minimum atomic E-state index is 0.0295. The Balaban J connectivity index is 1.46. The maximum Gasteiger partial charge on any atom is 0.259 e. The van der Waals surface area contributed by atoms with E-state index in [0.717, 1.165) is 18.8 Å². The summed E-state index contributed by atoms with van der Waals surface area (Å²) in [5.41, 5.74) is 2.11. The second-order valence-corrected chi connectivity index (χ2v) is 6.38. The molecule has 2 saturated heterocycles. The molecule has 5 heterocycles. The maximum absolute atomic E-state index is 12.9. The smallest absolute Gasteiger partial charge is 0.259 e. The average molecular weight is 296 g/mol. The number of hydrogen-bond acceptors (Lipinski definition) is 4. The van der Waals surface area contributed by atoms with E-state index >= 15 is 0 Å². The highest BCUT2D eigenvalue weighted by atomic mass is 16.5. The number of aryl methyl sites for hydroxylation is 1. The third-order valence-corrected chi connectivity index (χ3v) is 5.09. The molecule has 4 atom stereocenters. The molecule has 0 saturated carbocycles. The number of rotatable bonds is 1. The van der Waals surface area contributed by atoms with Crippen molar-refractivity contribution in [3.8, 4) is 0 Å². The Bertz CT molecular complexity index is 792. The van der Waals surface area contributed by atoms with Crippen LogP contribution in [0.25, 0.3) is 5.65 Å². The molecule has 0 aliphatic carbocycles. The second kappa shape index (κ2) is 4.16. The van der Waals surface area contributed by atoms with Crippen LogP contribution in [0.4, 0.5) is 0 Å². The van der Waals surface area contributed by atoms with Gasteiger partial charge in [-0.25, -0.2) is 9.50 Å². The molecule has 5 rings (SSSR count). The Labute approximate surface area is 127 Å². The van der Waals surface area contributed by atoms with Crippen molar-refractivity contribution in [2.75, 3.05) is 13.1 Å². The van der Waals surface area contributed by atoms with Crippen LogP contribution in [0.2, 0.25) is 0 Å². The fraction of sp³-hybridized carbons (Fsp3) is 0.438. The van der Waals surface area contributed by atoms with Gasteiger partial charge < -0.3 is 9.64 Å².